The highest BCUT2D eigenvalue weighted by atomic mass is 15.5. The molecule has 1 heteroatoms. The van der Waals surface area contributed by atoms with Crippen molar-refractivity contribution < 1.29 is 4.48 Å². The van der Waals surface area contributed by atoms with Crippen LogP contribution in [0.15, 0.2) is 0 Å². The van der Waals surface area contributed by atoms with Gasteiger partial charge in [-0.15, -0.1) is 0 Å². The van der Waals surface area contributed by atoms with E-state index < -0.39 is 0 Å². The third-order valence-corrected chi connectivity index (χ3v) is 3.89. The molecule has 0 aromatic heterocycles. The van der Waals surface area contributed by atoms with Crippen molar-refractivity contribution in [1.82, 2.24) is 0 Å². The maximum Gasteiger partial charge on any atom is 0.103 e. The van der Waals surface area contributed by atoms with E-state index in [1.54, 1.807) is 23.9 Å². The zero-order chi connectivity index (χ0) is 5.90. The molecule has 0 radical (unpaired) electrons. The topological polar surface area (TPSA) is 0 Å². The normalized spacial score (nSPS) is 61.3. The first-order valence-corrected chi connectivity index (χ1v) is 4.26. The summed E-state index contributed by atoms with van der Waals surface area (Å²) in [6.07, 6.45) is 4.65. The molecule has 4 aliphatic heterocycles. The lowest BCUT2D eigenvalue weighted by molar-refractivity contribution is -1.05. The first-order chi connectivity index (χ1) is 4.41. The van der Waals surface area contributed by atoms with Crippen molar-refractivity contribution in [1.29, 1.82) is 0 Å². The number of hydrogen-bond acceptors (Lipinski definition) is 0. The third-order valence-electron chi connectivity index (χ3n) is 3.89. The molecule has 50 valence electrons. The summed E-state index contributed by atoms with van der Waals surface area (Å²) in [5, 5.41) is 0. The van der Waals surface area contributed by atoms with Gasteiger partial charge in [-0.1, -0.05) is 0 Å². The molecular weight excluding hydrogens is 110 g/mol. The quantitative estimate of drug-likeness (QED) is 0.423. The van der Waals surface area contributed by atoms with Crippen molar-refractivity contribution >= 4 is 0 Å². The van der Waals surface area contributed by atoms with Crippen molar-refractivity contribution in [2.24, 2.45) is 5.92 Å². The molecule has 0 aromatic rings. The number of hydrogen-bond donors (Lipinski definition) is 0. The Labute approximate surface area is 56.2 Å². The lowest BCUT2D eigenvalue weighted by Gasteiger charge is -2.67. The van der Waals surface area contributed by atoms with Crippen LogP contribution in [0.25, 0.3) is 0 Å². The van der Waals surface area contributed by atoms with Crippen LogP contribution in [-0.4, -0.2) is 30.2 Å². The van der Waals surface area contributed by atoms with Gasteiger partial charge in [-0.25, -0.2) is 0 Å². The molecule has 1 nitrogen and oxygen atoms in total. The Kier molecular flexibility index (Phi) is 0.628. The summed E-state index contributed by atoms with van der Waals surface area (Å²) in [5.74, 6) is 1.17. The second-order valence-electron chi connectivity index (χ2n) is 4.11. The fraction of sp³-hybridized carbons (Fsp3) is 1.00. The Balaban J connectivity index is 1.92. The second kappa shape index (κ2) is 1.20. The van der Waals surface area contributed by atoms with Crippen molar-refractivity contribution in [3.8, 4) is 0 Å². The van der Waals surface area contributed by atoms with Gasteiger partial charge in [-0.2, -0.15) is 0 Å². The van der Waals surface area contributed by atoms with E-state index in [1.165, 1.54) is 31.5 Å². The van der Waals surface area contributed by atoms with E-state index in [9.17, 15) is 0 Å². The first-order valence-electron chi connectivity index (χ1n) is 4.26. The van der Waals surface area contributed by atoms with Crippen molar-refractivity contribution in [3.63, 3.8) is 0 Å². The highest BCUT2D eigenvalue weighted by molar-refractivity contribution is 4.91. The molecule has 4 aliphatic rings. The molecule has 4 rings (SSSR count). The van der Waals surface area contributed by atoms with Gasteiger partial charge in [0.15, 0.2) is 0 Å². The zero-order valence-corrected chi connectivity index (χ0v) is 5.84. The predicted octanol–water partition coefficient (Wildman–Crippen LogP) is 0.999. The van der Waals surface area contributed by atoms with E-state index in [1.807, 2.05) is 0 Å². The molecule has 9 heavy (non-hydrogen) atoms. The molecule has 3 atom stereocenters. The van der Waals surface area contributed by atoms with E-state index in [0.717, 1.165) is 0 Å². The molecule has 0 aromatic carbocycles. The summed E-state index contributed by atoms with van der Waals surface area (Å²) in [7, 11) is 0. The van der Waals surface area contributed by atoms with Crippen LogP contribution in [0.1, 0.15) is 19.3 Å². The fourth-order valence-electron chi connectivity index (χ4n) is 3.32. The van der Waals surface area contributed by atoms with Gasteiger partial charge < -0.3 is 4.48 Å². The van der Waals surface area contributed by atoms with Gasteiger partial charge in [0.25, 0.3) is 0 Å². The number of nitrogens with zero attached hydrogens (tertiary/aromatic N) is 1. The molecule has 0 N–H and O–H groups in total. The molecule has 0 amide bonds. The highest BCUT2D eigenvalue weighted by Gasteiger charge is 2.62. The lowest BCUT2D eigenvalue weighted by Crippen LogP contribution is -2.80. The molecule has 0 aliphatic carbocycles. The monoisotopic (exact) mass is 124 g/mol. The largest absolute Gasteiger partial charge is 0.320 e. The standard InChI is InChI=1S/C8H14N/c1-2-7-6-9(4-1)5-3-8(7)9/h7-8H,1-6H2/q+1/t7-,8?,9?/m0/s1. The van der Waals surface area contributed by atoms with Crippen LogP contribution in [0.4, 0.5) is 0 Å². The Morgan fingerprint density at radius 2 is 2.11 bits per heavy atom. The van der Waals surface area contributed by atoms with Gasteiger partial charge in [0.2, 0.25) is 0 Å². The maximum atomic E-state index is 1.56. The molecule has 1 spiro atoms. The summed E-state index contributed by atoms with van der Waals surface area (Å²) >= 11 is 0. The van der Waals surface area contributed by atoms with Gasteiger partial charge in [-0.05, 0) is 12.8 Å². The van der Waals surface area contributed by atoms with Crippen LogP contribution in [-0.2, 0) is 0 Å². The van der Waals surface area contributed by atoms with Gasteiger partial charge in [0.1, 0.15) is 6.04 Å². The third kappa shape index (κ3) is 0.362. The molecule has 2 unspecified atom stereocenters. The summed E-state index contributed by atoms with van der Waals surface area (Å²) in [5.41, 5.74) is 0. The average Bonchev–Trinajstić information content (AvgIpc) is 1.87. The van der Waals surface area contributed by atoms with Crippen LogP contribution in [0.2, 0.25) is 0 Å². The smallest absolute Gasteiger partial charge is 0.103 e. The van der Waals surface area contributed by atoms with E-state index in [4.69, 9.17) is 0 Å². The molecular formula is C8H14N+. The van der Waals surface area contributed by atoms with Gasteiger partial charge in [0.05, 0.1) is 25.6 Å². The maximum absolute atomic E-state index is 1.56. The van der Waals surface area contributed by atoms with Crippen LogP contribution in [0.5, 0.6) is 0 Å². The van der Waals surface area contributed by atoms with Crippen molar-refractivity contribution in [2.45, 2.75) is 25.3 Å². The Morgan fingerprint density at radius 1 is 1.11 bits per heavy atom. The highest BCUT2D eigenvalue weighted by Crippen LogP contribution is 2.50. The van der Waals surface area contributed by atoms with Crippen molar-refractivity contribution in [2.75, 3.05) is 19.6 Å². The van der Waals surface area contributed by atoms with Crippen LogP contribution >= 0.6 is 0 Å². The zero-order valence-electron chi connectivity index (χ0n) is 5.84. The van der Waals surface area contributed by atoms with Gasteiger partial charge >= 0.3 is 0 Å². The number of quaternary nitrogens is 1. The first kappa shape index (κ1) is 4.73. The Morgan fingerprint density at radius 3 is 2.44 bits per heavy atom. The minimum atomic E-state index is 1.17. The number of piperidine rings is 3. The average molecular weight is 124 g/mol. The Bertz CT molecular complexity index is 151. The minimum Gasteiger partial charge on any atom is -0.320 e. The number of rotatable bonds is 0. The molecule has 2 bridgehead atoms. The van der Waals surface area contributed by atoms with Crippen LogP contribution in [0, 0.1) is 5.92 Å². The lowest BCUT2D eigenvalue weighted by atomic mass is 9.69. The molecule has 4 saturated heterocycles. The Hall–Kier alpha value is -0.0400. The van der Waals surface area contributed by atoms with Gasteiger partial charge in [0, 0.05) is 6.42 Å². The van der Waals surface area contributed by atoms with Crippen LogP contribution < -0.4 is 0 Å². The summed E-state index contributed by atoms with van der Waals surface area (Å²) in [4.78, 5) is 0. The second-order valence-corrected chi connectivity index (χ2v) is 4.11. The van der Waals surface area contributed by atoms with Gasteiger partial charge in [-0.3, -0.25) is 0 Å². The summed E-state index contributed by atoms with van der Waals surface area (Å²) in [6, 6.07) is 1.17. The van der Waals surface area contributed by atoms with E-state index in [0.29, 0.717) is 0 Å². The van der Waals surface area contributed by atoms with E-state index in [-0.39, 0.29) is 0 Å². The van der Waals surface area contributed by atoms with E-state index >= 15 is 0 Å². The predicted molar refractivity (Wildman–Crippen MR) is 36.0 cm³/mol. The SMILES string of the molecule is C1C[C@H]2C[N+]3(C1)CCC23. The summed E-state index contributed by atoms with van der Waals surface area (Å²) in [6.45, 7) is 4.62. The van der Waals surface area contributed by atoms with Crippen molar-refractivity contribution in [3.05, 3.63) is 0 Å². The fourth-order valence-corrected chi connectivity index (χ4v) is 3.32. The number of fused-ring (bicyclic) bond motifs is 2. The van der Waals surface area contributed by atoms with E-state index in [2.05, 4.69) is 0 Å². The summed E-state index contributed by atoms with van der Waals surface area (Å²) < 4.78 is 1.56. The molecule has 4 fully saturated rings. The minimum absolute atomic E-state index is 1.17. The molecule has 0 saturated carbocycles. The molecule has 4 heterocycles. The van der Waals surface area contributed by atoms with Crippen LogP contribution in [0.3, 0.4) is 0 Å².